The molecular formula is C35H32ClN3O10. The molecule has 0 unspecified atom stereocenters. The minimum atomic E-state index is -1.26. The molecule has 4 rings (SSSR count). The van der Waals surface area contributed by atoms with Gasteiger partial charge in [-0.2, -0.15) is 0 Å². The summed E-state index contributed by atoms with van der Waals surface area (Å²) in [5, 5.41) is 27.1. The molecule has 13 nitrogen and oxygen atoms in total. The highest BCUT2D eigenvalue weighted by Crippen LogP contribution is 2.39. The van der Waals surface area contributed by atoms with Gasteiger partial charge < -0.3 is 35.6 Å². The van der Waals surface area contributed by atoms with Gasteiger partial charge in [0.2, 0.25) is 0 Å². The van der Waals surface area contributed by atoms with Crippen molar-refractivity contribution in [1.82, 2.24) is 16.0 Å². The first kappa shape index (κ1) is 35.9. The quantitative estimate of drug-likeness (QED) is 0.129. The molecule has 0 aromatic heterocycles. The largest absolute Gasteiger partial charge is 0.478 e. The van der Waals surface area contributed by atoms with Crippen LogP contribution in [0.15, 0.2) is 95.3 Å². The summed E-state index contributed by atoms with van der Waals surface area (Å²) >= 11 is 6.28. The fourth-order valence-electron chi connectivity index (χ4n) is 5.25. The van der Waals surface area contributed by atoms with Crippen LogP contribution in [0.4, 0.5) is 0 Å². The first-order valence-electron chi connectivity index (χ1n) is 14.9. The summed E-state index contributed by atoms with van der Waals surface area (Å²) in [7, 11) is 0. The van der Waals surface area contributed by atoms with E-state index in [-0.39, 0.29) is 59.7 Å². The highest BCUT2D eigenvalue weighted by Gasteiger charge is 2.38. The van der Waals surface area contributed by atoms with Gasteiger partial charge in [0.1, 0.15) is 13.2 Å². The number of carbonyl (C=O) groups is 6. The highest BCUT2D eigenvalue weighted by atomic mass is 35.5. The number of carboxylic acid groups (broad SMARTS) is 2. The number of ether oxygens (including phenoxy) is 2. The molecule has 254 valence electrons. The molecule has 3 aromatic carbocycles. The van der Waals surface area contributed by atoms with E-state index in [0.717, 1.165) is 0 Å². The molecule has 49 heavy (non-hydrogen) atoms. The molecule has 0 radical (unpaired) electrons. The summed E-state index contributed by atoms with van der Waals surface area (Å²) in [6.45, 7) is 2.46. The van der Waals surface area contributed by atoms with Gasteiger partial charge in [0.15, 0.2) is 0 Å². The van der Waals surface area contributed by atoms with Crippen LogP contribution in [-0.4, -0.2) is 72.2 Å². The zero-order valence-corrected chi connectivity index (χ0v) is 27.1. The Morgan fingerprint density at radius 3 is 1.51 bits per heavy atom. The third-order valence-corrected chi connectivity index (χ3v) is 7.66. The Labute approximate surface area is 285 Å². The van der Waals surface area contributed by atoms with Crippen LogP contribution < -0.4 is 16.0 Å². The fraction of sp³-hybridized carbons (Fsp3) is 0.200. The molecule has 5 N–H and O–H groups in total. The van der Waals surface area contributed by atoms with Gasteiger partial charge in [0.05, 0.1) is 52.4 Å². The topological polar surface area (TPSA) is 197 Å². The van der Waals surface area contributed by atoms with Crippen molar-refractivity contribution in [3.63, 3.8) is 0 Å². The predicted octanol–water partition coefficient (Wildman–Crippen LogP) is 3.92. The number of allylic oxidation sites excluding steroid dienone is 2. The van der Waals surface area contributed by atoms with Gasteiger partial charge in [-0.25, -0.2) is 19.2 Å². The Kier molecular flexibility index (Phi) is 11.9. The Morgan fingerprint density at radius 2 is 1.10 bits per heavy atom. The molecule has 0 atom stereocenters. The molecule has 0 bridgehead atoms. The molecule has 1 aliphatic heterocycles. The van der Waals surface area contributed by atoms with E-state index < -0.39 is 41.6 Å². The zero-order valence-electron chi connectivity index (χ0n) is 26.4. The van der Waals surface area contributed by atoms with Crippen molar-refractivity contribution in [2.24, 2.45) is 0 Å². The standard InChI is InChI=1S/C35H32ClN3O10/c1-19-27(34(46)48-16-14-37-30(40)23-10-3-5-12-25(23)32(42)43)29(21-8-7-9-22(36)18-21)28(20(2)39-19)35(47)49-17-15-38-31(41)24-11-4-6-13-26(24)33(44)45/h3-13,18,29,39H,14-17H2,1-2H3,(H,37,40)(H,38,41)(H,42,43)(H,44,45). The van der Waals surface area contributed by atoms with E-state index in [0.29, 0.717) is 22.0 Å². The lowest BCUT2D eigenvalue weighted by atomic mass is 9.80. The lowest BCUT2D eigenvalue weighted by Crippen LogP contribution is -2.35. The first-order valence-corrected chi connectivity index (χ1v) is 15.3. The third kappa shape index (κ3) is 8.70. The number of hydrogen-bond donors (Lipinski definition) is 5. The number of rotatable bonds is 13. The van der Waals surface area contributed by atoms with Gasteiger partial charge in [-0.3, -0.25) is 9.59 Å². The van der Waals surface area contributed by atoms with Crippen molar-refractivity contribution in [2.75, 3.05) is 26.3 Å². The van der Waals surface area contributed by atoms with Crippen molar-refractivity contribution in [3.05, 3.63) is 128 Å². The molecule has 14 heteroatoms. The van der Waals surface area contributed by atoms with Crippen molar-refractivity contribution < 1.29 is 48.5 Å². The number of hydrogen-bond acceptors (Lipinski definition) is 9. The fourth-order valence-corrected chi connectivity index (χ4v) is 5.45. The minimum absolute atomic E-state index is 0.0502. The summed E-state index contributed by atoms with van der Waals surface area (Å²) in [5.74, 6) is -6.41. The van der Waals surface area contributed by atoms with Crippen molar-refractivity contribution >= 4 is 47.3 Å². The van der Waals surface area contributed by atoms with E-state index in [2.05, 4.69) is 16.0 Å². The Hall–Kier alpha value is -5.95. The van der Waals surface area contributed by atoms with Gasteiger partial charge in [-0.15, -0.1) is 0 Å². The number of benzene rings is 3. The predicted molar refractivity (Wildman–Crippen MR) is 176 cm³/mol. The van der Waals surface area contributed by atoms with Crippen LogP contribution in [0.1, 0.15) is 66.8 Å². The number of halogens is 1. The Balaban J connectivity index is 1.45. The van der Waals surface area contributed by atoms with Crippen LogP contribution >= 0.6 is 11.6 Å². The lowest BCUT2D eigenvalue weighted by molar-refractivity contribution is -0.140. The number of esters is 2. The molecular weight excluding hydrogens is 658 g/mol. The van der Waals surface area contributed by atoms with Gasteiger partial charge in [-0.05, 0) is 55.8 Å². The molecule has 0 spiro atoms. The van der Waals surface area contributed by atoms with Crippen LogP contribution in [0.3, 0.4) is 0 Å². The Morgan fingerprint density at radius 1 is 0.673 bits per heavy atom. The van der Waals surface area contributed by atoms with Crippen LogP contribution in [0, 0.1) is 0 Å². The number of aromatic carboxylic acids is 2. The molecule has 0 saturated heterocycles. The monoisotopic (exact) mass is 689 g/mol. The number of nitrogens with one attached hydrogen (secondary N) is 3. The first-order chi connectivity index (χ1) is 23.4. The van der Waals surface area contributed by atoms with Crippen molar-refractivity contribution in [2.45, 2.75) is 19.8 Å². The van der Waals surface area contributed by atoms with Gasteiger partial charge >= 0.3 is 23.9 Å². The SMILES string of the molecule is CC1=C(C(=O)OCCNC(=O)c2ccccc2C(=O)O)C(c2cccc(Cl)c2)C(C(=O)OCCNC(=O)c2ccccc2C(=O)O)=C(C)N1. The second-order valence-electron chi connectivity index (χ2n) is 10.7. The molecule has 1 aliphatic rings. The van der Waals surface area contributed by atoms with Crippen LogP contribution in [-0.2, 0) is 19.1 Å². The maximum Gasteiger partial charge on any atom is 0.336 e. The minimum Gasteiger partial charge on any atom is -0.478 e. The van der Waals surface area contributed by atoms with Crippen LogP contribution in [0.5, 0.6) is 0 Å². The van der Waals surface area contributed by atoms with Gasteiger partial charge in [0, 0.05) is 16.4 Å². The third-order valence-electron chi connectivity index (χ3n) is 7.43. The van der Waals surface area contributed by atoms with Crippen molar-refractivity contribution in [1.29, 1.82) is 0 Å². The lowest BCUT2D eigenvalue weighted by Gasteiger charge is -2.30. The maximum atomic E-state index is 13.5. The molecule has 0 fully saturated rings. The maximum absolute atomic E-state index is 13.5. The highest BCUT2D eigenvalue weighted by molar-refractivity contribution is 6.30. The average molecular weight is 690 g/mol. The van der Waals surface area contributed by atoms with Gasteiger partial charge in [-0.1, -0.05) is 48.0 Å². The molecule has 0 aliphatic carbocycles. The average Bonchev–Trinajstić information content (AvgIpc) is 3.07. The van der Waals surface area contributed by atoms with E-state index in [1.165, 1.54) is 48.5 Å². The smallest absolute Gasteiger partial charge is 0.336 e. The normalized spacial score (nSPS) is 12.9. The number of amides is 2. The second kappa shape index (κ2) is 16.2. The molecule has 2 amide bonds. The number of carbonyl (C=O) groups excluding carboxylic acids is 4. The molecule has 0 saturated carbocycles. The van der Waals surface area contributed by atoms with Crippen LogP contribution in [0.25, 0.3) is 0 Å². The second-order valence-corrected chi connectivity index (χ2v) is 11.1. The summed E-state index contributed by atoms with van der Waals surface area (Å²) in [6.07, 6.45) is 0. The number of carboxylic acids is 2. The van der Waals surface area contributed by atoms with Crippen molar-refractivity contribution in [3.8, 4) is 0 Å². The van der Waals surface area contributed by atoms with E-state index in [1.54, 1.807) is 38.1 Å². The zero-order chi connectivity index (χ0) is 35.7. The molecule has 3 aromatic rings. The Bertz CT molecular complexity index is 1770. The van der Waals surface area contributed by atoms with Gasteiger partial charge in [0.25, 0.3) is 11.8 Å². The summed E-state index contributed by atoms with van der Waals surface area (Å²) in [6, 6.07) is 17.9. The van der Waals surface area contributed by atoms with E-state index in [4.69, 9.17) is 21.1 Å². The van der Waals surface area contributed by atoms with E-state index >= 15 is 0 Å². The van der Waals surface area contributed by atoms with E-state index in [9.17, 15) is 39.0 Å². The summed E-state index contributed by atoms with van der Waals surface area (Å²) in [5.41, 5.74) is 0.994. The van der Waals surface area contributed by atoms with E-state index in [1.807, 2.05) is 0 Å². The summed E-state index contributed by atoms with van der Waals surface area (Å²) < 4.78 is 11.0. The number of dihydropyridines is 1. The van der Waals surface area contributed by atoms with Crippen LogP contribution in [0.2, 0.25) is 5.02 Å². The molecule has 1 heterocycles. The summed E-state index contributed by atoms with van der Waals surface area (Å²) in [4.78, 5) is 75.2.